The van der Waals surface area contributed by atoms with Gasteiger partial charge in [0.05, 0.1) is 12.7 Å². The van der Waals surface area contributed by atoms with Gasteiger partial charge in [-0.2, -0.15) is 0 Å². The van der Waals surface area contributed by atoms with Crippen LogP contribution in [0.1, 0.15) is 79.8 Å². The number of aldehydes is 1. The Morgan fingerprint density at radius 3 is 2.74 bits per heavy atom. The SMILES string of the molecule is COc1cc2c(cc1C=O)[C@H]1CC[C@]3(C)CCC[C@H]3[C@]1(C)CC2. The minimum Gasteiger partial charge on any atom is -0.496 e. The largest absolute Gasteiger partial charge is 0.496 e. The summed E-state index contributed by atoms with van der Waals surface area (Å²) in [6.07, 6.45) is 10.2. The zero-order valence-corrected chi connectivity index (χ0v) is 14.7. The van der Waals surface area contributed by atoms with Crippen LogP contribution in [-0.2, 0) is 6.42 Å². The van der Waals surface area contributed by atoms with E-state index >= 15 is 0 Å². The molecule has 1 aromatic carbocycles. The second-order valence-electron chi connectivity index (χ2n) is 8.61. The lowest BCUT2D eigenvalue weighted by Crippen LogP contribution is -2.47. The first-order chi connectivity index (χ1) is 11.0. The van der Waals surface area contributed by atoms with Crippen molar-refractivity contribution in [3.63, 3.8) is 0 Å². The Hall–Kier alpha value is -1.31. The maximum absolute atomic E-state index is 11.5. The molecule has 0 radical (unpaired) electrons. The van der Waals surface area contributed by atoms with Crippen LogP contribution in [0.3, 0.4) is 0 Å². The van der Waals surface area contributed by atoms with Gasteiger partial charge in [-0.05, 0) is 84.5 Å². The Kier molecular flexibility index (Phi) is 3.37. The highest BCUT2D eigenvalue weighted by Gasteiger charge is 2.56. The van der Waals surface area contributed by atoms with Crippen molar-refractivity contribution in [2.24, 2.45) is 16.7 Å². The zero-order valence-electron chi connectivity index (χ0n) is 14.7. The van der Waals surface area contributed by atoms with Crippen molar-refractivity contribution in [1.29, 1.82) is 0 Å². The summed E-state index contributed by atoms with van der Waals surface area (Å²) < 4.78 is 5.42. The van der Waals surface area contributed by atoms with E-state index in [1.165, 1.54) is 49.7 Å². The van der Waals surface area contributed by atoms with E-state index < -0.39 is 0 Å². The van der Waals surface area contributed by atoms with E-state index in [1.54, 1.807) is 7.11 Å². The highest BCUT2D eigenvalue weighted by Crippen LogP contribution is 2.66. The Balaban J connectivity index is 1.80. The number of carbonyl (C=O) groups is 1. The van der Waals surface area contributed by atoms with Crippen LogP contribution in [0.25, 0.3) is 0 Å². The number of fused-ring (bicyclic) bond motifs is 5. The van der Waals surface area contributed by atoms with Crippen LogP contribution in [0.4, 0.5) is 0 Å². The van der Waals surface area contributed by atoms with Crippen molar-refractivity contribution in [1.82, 2.24) is 0 Å². The van der Waals surface area contributed by atoms with Crippen LogP contribution >= 0.6 is 0 Å². The number of aryl methyl sites for hydroxylation is 1. The lowest BCUT2D eigenvalue weighted by molar-refractivity contribution is -0.0178. The normalized spacial score (nSPS) is 38.4. The van der Waals surface area contributed by atoms with Gasteiger partial charge in [-0.25, -0.2) is 0 Å². The minimum atomic E-state index is 0.408. The molecule has 2 fully saturated rings. The molecular weight excluding hydrogens is 284 g/mol. The molecule has 23 heavy (non-hydrogen) atoms. The lowest BCUT2D eigenvalue weighted by atomic mass is 9.48. The van der Waals surface area contributed by atoms with Crippen LogP contribution in [0.15, 0.2) is 12.1 Å². The molecule has 0 heterocycles. The fraction of sp³-hybridized carbons (Fsp3) is 0.667. The molecule has 0 aromatic heterocycles. The number of benzene rings is 1. The van der Waals surface area contributed by atoms with E-state index in [0.717, 1.165) is 29.9 Å². The first kappa shape index (κ1) is 15.2. The molecule has 0 spiro atoms. The van der Waals surface area contributed by atoms with Gasteiger partial charge in [-0.1, -0.05) is 20.3 Å². The summed E-state index contributed by atoms with van der Waals surface area (Å²) in [5.74, 6) is 2.21. The summed E-state index contributed by atoms with van der Waals surface area (Å²) in [7, 11) is 1.66. The van der Waals surface area contributed by atoms with Gasteiger partial charge in [0, 0.05) is 0 Å². The van der Waals surface area contributed by atoms with E-state index in [9.17, 15) is 4.79 Å². The number of carbonyl (C=O) groups excluding carboxylic acids is 1. The highest BCUT2D eigenvalue weighted by atomic mass is 16.5. The van der Waals surface area contributed by atoms with Crippen LogP contribution in [0.5, 0.6) is 5.75 Å². The van der Waals surface area contributed by atoms with Gasteiger partial charge in [-0.15, -0.1) is 0 Å². The first-order valence-corrected chi connectivity index (χ1v) is 9.18. The summed E-state index contributed by atoms with van der Waals surface area (Å²) in [6.45, 7) is 5.07. The van der Waals surface area contributed by atoms with Gasteiger partial charge in [-0.3, -0.25) is 4.79 Å². The maximum atomic E-state index is 11.5. The van der Waals surface area contributed by atoms with Crippen LogP contribution in [-0.4, -0.2) is 13.4 Å². The molecule has 2 nitrogen and oxygen atoms in total. The standard InChI is InChI=1S/C21H28O2/c1-20-8-4-5-19(20)21(2)10-6-14-12-18(23-3)15(13-22)11-16(14)17(21)7-9-20/h11-13,17,19H,4-10H2,1-3H3/t17-,19-,20+,21-/m1/s1. The van der Waals surface area contributed by atoms with Crippen molar-refractivity contribution in [3.8, 4) is 5.75 Å². The third kappa shape index (κ3) is 2.03. The quantitative estimate of drug-likeness (QED) is 0.706. The van der Waals surface area contributed by atoms with E-state index in [4.69, 9.17) is 4.74 Å². The van der Waals surface area contributed by atoms with Crippen molar-refractivity contribution in [2.75, 3.05) is 7.11 Å². The molecule has 0 amide bonds. The Labute approximate surface area is 139 Å². The molecule has 0 bridgehead atoms. The molecule has 1 aromatic rings. The topological polar surface area (TPSA) is 26.3 Å². The van der Waals surface area contributed by atoms with Crippen molar-refractivity contribution in [2.45, 2.75) is 64.7 Å². The summed E-state index contributed by atoms with van der Waals surface area (Å²) in [5, 5.41) is 0. The smallest absolute Gasteiger partial charge is 0.153 e. The van der Waals surface area contributed by atoms with E-state index in [1.807, 2.05) is 0 Å². The average molecular weight is 312 g/mol. The van der Waals surface area contributed by atoms with E-state index in [2.05, 4.69) is 26.0 Å². The van der Waals surface area contributed by atoms with Crippen molar-refractivity contribution in [3.05, 3.63) is 28.8 Å². The molecule has 0 saturated heterocycles. The van der Waals surface area contributed by atoms with E-state index in [-0.39, 0.29) is 0 Å². The van der Waals surface area contributed by atoms with Crippen LogP contribution in [0, 0.1) is 16.7 Å². The Bertz CT molecular complexity index is 649. The van der Waals surface area contributed by atoms with Gasteiger partial charge >= 0.3 is 0 Å². The Morgan fingerprint density at radius 2 is 2.00 bits per heavy atom. The lowest BCUT2D eigenvalue weighted by Gasteiger charge is -2.56. The Morgan fingerprint density at radius 1 is 1.17 bits per heavy atom. The highest BCUT2D eigenvalue weighted by molar-refractivity contribution is 5.80. The number of hydrogen-bond donors (Lipinski definition) is 0. The molecule has 0 aliphatic heterocycles. The molecule has 0 unspecified atom stereocenters. The maximum Gasteiger partial charge on any atom is 0.153 e. The molecule has 3 aliphatic carbocycles. The third-order valence-electron chi connectivity index (χ3n) is 7.61. The second-order valence-corrected chi connectivity index (χ2v) is 8.61. The van der Waals surface area contributed by atoms with Crippen LogP contribution in [0.2, 0.25) is 0 Å². The average Bonchev–Trinajstić information content (AvgIpc) is 2.96. The molecule has 0 N–H and O–H groups in total. The summed E-state index contributed by atoms with van der Waals surface area (Å²) in [5.41, 5.74) is 4.54. The predicted molar refractivity (Wildman–Crippen MR) is 92.2 cm³/mol. The second kappa shape index (κ2) is 5.09. The molecule has 124 valence electrons. The molecule has 4 atom stereocenters. The number of methoxy groups -OCH3 is 1. The van der Waals surface area contributed by atoms with Gasteiger partial charge in [0.15, 0.2) is 6.29 Å². The molecule has 3 aliphatic rings. The fourth-order valence-corrected chi connectivity index (χ4v) is 6.43. The third-order valence-corrected chi connectivity index (χ3v) is 7.61. The zero-order chi connectivity index (χ0) is 16.2. The molecule has 4 rings (SSSR count). The summed E-state index contributed by atoms with van der Waals surface area (Å²) in [6, 6.07) is 4.27. The van der Waals surface area contributed by atoms with Crippen LogP contribution < -0.4 is 4.74 Å². The minimum absolute atomic E-state index is 0.408. The van der Waals surface area contributed by atoms with E-state index in [0.29, 0.717) is 16.7 Å². The summed E-state index contributed by atoms with van der Waals surface area (Å²) in [4.78, 5) is 11.5. The molecule has 2 saturated carbocycles. The van der Waals surface area contributed by atoms with Gasteiger partial charge < -0.3 is 4.74 Å². The molecule has 2 heteroatoms. The predicted octanol–water partition coefficient (Wildman–Crippen LogP) is 5.14. The monoisotopic (exact) mass is 312 g/mol. The number of rotatable bonds is 2. The number of hydrogen-bond acceptors (Lipinski definition) is 2. The van der Waals surface area contributed by atoms with Crippen molar-refractivity contribution >= 4 is 6.29 Å². The van der Waals surface area contributed by atoms with Gasteiger partial charge in [0.2, 0.25) is 0 Å². The van der Waals surface area contributed by atoms with Crippen molar-refractivity contribution < 1.29 is 9.53 Å². The fourth-order valence-electron chi connectivity index (χ4n) is 6.43. The van der Waals surface area contributed by atoms with Gasteiger partial charge in [0.1, 0.15) is 5.75 Å². The summed E-state index contributed by atoms with van der Waals surface area (Å²) >= 11 is 0. The molecular formula is C21H28O2. The number of ether oxygens (including phenoxy) is 1. The van der Waals surface area contributed by atoms with Gasteiger partial charge in [0.25, 0.3) is 0 Å². The first-order valence-electron chi connectivity index (χ1n) is 9.18.